The zero-order chi connectivity index (χ0) is 24.0. The molecule has 8 heteroatoms. The van der Waals surface area contributed by atoms with Crippen molar-refractivity contribution in [1.82, 2.24) is 10.2 Å². The van der Waals surface area contributed by atoms with Crippen molar-refractivity contribution in [2.24, 2.45) is 0 Å². The molecule has 33 heavy (non-hydrogen) atoms. The molecule has 2 aromatic rings. The van der Waals surface area contributed by atoms with E-state index < -0.39 is 30.1 Å². The Balaban J connectivity index is 1.69. The number of carboxylic acid groups (broad SMARTS) is 1. The molecule has 0 unspecified atom stereocenters. The maximum absolute atomic E-state index is 13.0. The average molecular weight is 455 g/mol. The van der Waals surface area contributed by atoms with Crippen molar-refractivity contribution in [2.45, 2.75) is 38.3 Å². The summed E-state index contributed by atoms with van der Waals surface area (Å²) in [5, 5.41) is 11.6. The molecule has 0 aromatic heterocycles. The largest absolute Gasteiger partial charge is 0.481 e. The van der Waals surface area contributed by atoms with E-state index in [1.807, 2.05) is 36.4 Å². The molecular weight excluding hydrogens is 424 g/mol. The Morgan fingerprint density at radius 1 is 1.06 bits per heavy atom. The van der Waals surface area contributed by atoms with E-state index in [-0.39, 0.29) is 25.5 Å². The number of hydrogen-bond acceptors (Lipinski definition) is 5. The van der Waals surface area contributed by atoms with Crippen molar-refractivity contribution < 1.29 is 29.0 Å². The second-order valence-electron chi connectivity index (χ2n) is 7.95. The highest BCUT2D eigenvalue weighted by molar-refractivity contribution is 5.86. The molecule has 2 aromatic carbocycles. The van der Waals surface area contributed by atoms with E-state index in [0.717, 1.165) is 22.3 Å². The van der Waals surface area contributed by atoms with E-state index in [1.54, 1.807) is 13.8 Å². The van der Waals surface area contributed by atoms with Crippen LogP contribution < -0.4 is 5.32 Å². The second-order valence-corrected chi connectivity index (χ2v) is 7.95. The third kappa shape index (κ3) is 5.51. The van der Waals surface area contributed by atoms with Gasteiger partial charge in [0.2, 0.25) is 5.91 Å². The summed E-state index contributed by atoms with van der Waals surface area (Å²) in [7, 11) is 1.44. The molecule has 1 aliphatic rings. The van der Waals surface area contributed by atoms with Crippen LogP contribution in [0.5, 0.6) is 0 Å². The van der Waals surface area contributed by atoms with E-state index >= 15 is 0 Å². The molecular formula is C25H30N2O6. The van der Waals surface area contributed by atoms with Gasteiger partial charge in [-0.15, -0.1) is 0 Å². The fourth-order valence-electron chi connectivity index (χ4n) is 4.13. The van der Waals surface area contributed by atoms with Crippen molar-refractivity contribution >= 4 is 18.0 Å². The summed E-state index contributed by atoms with van der Waals surface area (Å²) in [6.45, 7) is 3.90. The van der Waals surface area contributed by atoms with Gasteiger partial charge in [-0.2, -0.15) is 0 Å². The quantitative estimate of drug-likeness (QED) is 0.571. The van der Waals surface area contributed by atoms with Gasteiger partial charge in [-0.3, -0.25) is 9.59 Å². The van der Waals surface area contributed by atoms with Crippen LogP contribution in [0.15, 0.2) is 48.5 Å². The molecule has 1 aliphatic carbocycles. The molecule has 0 aliphatic heterocycles. The first-order chi connectivity index (χ1) is 15.9. The van der Waals surface area contributed by atoms with Gasteiger partial charge >= 0.3 is 12.1 Å². The van der Waals surface area contributed by atoms with Crippen LogP contribution in [0.1, 0.15) is 37.3 Å². The predicted molar refractivity (Wildman–Crippen MR) is 123 cm³/mol. The fraction of sp³-hybridized carbons (Fsp3) is 0.400. The summed E-state index contributed by atoms with van der Waals surface area (Å²) in [4.78, 5) is 38.0. The number of methoxy groups -OCH3 is 1. The fourth-order valence-corrected chi connectivity index (χ4v) is 4.13. The van der Waals surface area contributed by atoms with Gasteiger partial charge in [0, 0.05) is 26.1 Å². The normalized spacial score (nSPS) is 14.0. The molecule has 8 nitrogen and oxygen atoms in total. The van der Waals surface area contributed by atoms with Gasteiger partial charge in [-0.05, 0) is 36.1 Å². The highest BCUT2D eigenvalue weighted by Crippen LogP contribution is 2.44. The predicted octanol–water partition coefficient (Wildman–Crippen LogP) is 3.25. The number of carbonyl (C=O) groups is 3. The SMILES string of the molecule is CCN(CCC(=O)O)C(=O)[C@@H](NC(=O)OCC1c2ccccc2-c2ccccc21)[C@@H](C)OC. The summed E-state index contributed by atoms with van der Waals surface area (Å²) in [6.07, 6.45) is -1.54. The molecule has 2 amide bonds. The van der Waals surface area contributed by atoms with Crippen molar-refractivity contribution in [2.75, 3.05) is 26.8 Å². The minimum Gasteiger partial charge on any atom is -0.481 e. The Morgan fingerprint density at radius 2 is 1.64 bits per heavy atom. The maximum atomic E-state index is 13.0. The minimum atomic E-state index is -1.00. The topological polar surface area (TPSA) is 105 Å². The Kier molecular flexibility index (Phi) is 8.06. The van der Waals surface area contributed by atoms with E-state index in [2.05, 4.69) is 17.4 Å². The van der Waals surface area contributed by atoms with Crippen LogP contribution in [0, 0.1) is 0 Å². The van der Waals surface area contributed by atoms with Crippen LogP contribution >= 0.6 is 0 Å². The number of carboxylic acids is 1. The van der Waals surface area contributed by atoms with Crippen LogP contribution in [-0.4, -0.2) is 66.9 Å². The Bertz CT molecular complexity index is 962. The zero-order valence-corrected chi connectivity index (χ0v) is 19.1. The highest BCUT2D eigenvalue weighted by Gasteiger charge is 2.33. The number of benzene rings is 2. The molecule has 2 atom stereocenters. The number of fused-ring (bicyclic) bond motifs is 3. The lowest BCUT2D eigenvalue weighted by molar-refractivity contribution is -0.140. The van der Waals surface area contributed by atoms with Crippen LogP contribution in [0.3, 0.4) is 0 Å². The van der Waals surface area contributed by atoms with Gasteiger partial charge in [-0.25, -0.2) is 4.79 Å². The number of nitrogens with zero attached hydrogens (tertiary/aromatic N) is 1. The molecule has 0 saturated carbocycles. The van der Waals surface area contributed by atoms with Gasteiger partial charge in [0.25, 0.3) is 0 Å². The molecule has 0 radical (unpaired) electrons. The molecule has 2 N–H and O–H groups in total. The summed E-state index contributed by atoms with van der Waals surface area (Å²) >= 11 is 0. The smallest absolute Gasteiger partial charge is 0.407 e. The van der Waals surface area contributed by atoms with E-state index in [4.69, 9.17) is 14.6 Å². The molecule has 3 rings (SSSR count). The minimum absolute atomic E-state index is 0.0456. The lowest BCUT2D eigenvalue weighted by Crippen LogP contribution is -2.54. The van der Waals surface area contributed by atoms with Gasteiger partial charge in [0.1, 0.15) is 12.6 Å². The van der Waals surface area contributed by atoms with E-state index in [1.165, 1.54) is 12.0 Å². The van der Waals surface area contributed by atoms with Crippen molar-refractivity contribution in [3.05, 3.63) is 59.7 Å². The number of likely N-dealkylation sites (N-methyl/N-ethyl adjacent to an activating group) is 1. The Morgan fingerprint density at radius 3 is 2.15 bits per heavy atom. The van der Waals surface area contributed by atoms with Crippen LogP contribution in [0.4, 0.5) is 4.79 Å². The first kappa shape index (κ1) is 24.3. The number of hydrogen-bond donors (Lipinski definition) is 2. The average Bonchev–Trinajstić information content (AvgIpc) is 3.14. The first-order valence-electron chi connectivity index (χ1n) is 11.0. The number of carbonyl (C=O) groups excluding carboxylic acids is 2. The molecule has 0 bridgehead atoms. The third-order valence-electron chi connectivity index (χ3n) is 6.01. The number of rotatable bonds is 10. The molecule has 0 heterocycles. The number of ether oxygens (including phenoxy) is 2. The van der Waals surface area contributed by atoms with E-state index in [9.17, 15) is 14.4 Å². The molecule has 0 spiro atoms. The summed E-state index contributed by atoms with van der Waals surface area (Å²) < 4.78 is 10.8. The van der Waals surface area contributed by atoms with Gasteiger partial charge < -0.3 is 24.8 Å². The zero-order valence-electron chi connectivity index (χ0n) is 19.1. The third-order valence-corrected chi connectivity index (χ3v) is 6.01. The highest BCUT2D eigenvalue weighted by atomic mass is 16.5. The van der Waals surface area contributed by atoms with E-state index in [0.29, 0.717) is 6.54 Å². The number of aliphatic carboxylic acids is 1. The monoisotopic (exact) mass is 454 g/mol. The molecule has 0 fully saturated rings. The Labute approximate surface area is 193 Å². The van der Waals surface area contributed by atoms with Crippen LogP contribution in [0.25, 0.3) is 11.1 Å². The van der Waals surface area contributed by atoms with Crippen LogP contribution in [-0.2, 0) is 19.1 Å². The van der Waals surface area contributed by atoms with Gasteiger partial charge in [0.15, 0.2) is 0 Å². The van der Waals surface area contributed by atoms with Gasteiger partial charge in [-0.1, -0.05) is 48.5 Å². The van der Waals surface area contributed by atoms with Crippen molar-refractivity contribution in [1.29, 1.82) is 0 Å². The van der Waals surface area contributed by atoms with Crippen LogP contribution in [0.2, 0.25) is 0 Å². The first-order valence-corrected chi connectivity index (χ1v) is 11.0. The number of nitrogens with one attached hydrogen (secondary N) is 1. The second kappa shape index (κ2) is 11.0. The summed E-state index contributed by atoms with van der Waals surface area (Å²) in [6, 6.07) is 15.1. The lowest BCUT2D eigenvalue weighted by atomic mass is 9.98. The maximum Gasteiger partial charge on any atom is 0.407 e. The standard InChI is InChI=1S/C25H30N2O6/c1-4-27(14-13-22(28)29)24(30)23(16(2)32-3)26-25(31)33-15-21-19-11-7-5-9-17(19)18-10-6-8-12-20(18)21/h5-12,16,21,23H,4,13-15H2,1-3H3,(H,26,31)(H,28,29)/t16-,23+/m1/s1. The van der Waals surface area contributed by atoms with Gasteiger partial charge in [0.05, 0.1) is 12.5 Å². The summed E-state index contributed by atoms with van der Waals surface area (Å²) in [5.74, 6) is -1.51. The number of amides is 2. The summed E-state index contributed by atoms with van der Waals surface area (Å²) in [5.41, 5.74) is 4.44. The number of alkyl carbamates (subject to hydrolysis) is 1. The van der Waals surface area contributed by atoms with Crippen molar-refractivity contribution in [3.63, 3.8) is 0 Å². The Hall–Kier alpha value is -3.39. The lowest BCUT2D eigenvalue weighted by Gasteiger charge is -2.29. The molecule has 0 saturated heterocycles. The molecule has 176 valence electrons. The van der Waals surface area contributed by atoms with Crippen molar-refractivity contribution in [3.8, 4) is 11.1 Å².